The predicted molar refractivity (Wildman–Crippen MR) is 65.7 cm³/mol. The summed E-state index contributed by atoms with van der Waals surface area (Å²) in [6.07, 6.45) is 4.02. The Hall–Kier alpha value is -0.610. The molecular formula is C11H19N3S. The fourth-order valence-corrected chi connectivity index (χ4v) is 3.08. The molecule has 1 N–H and O–H groups in total. The Labute approximate surface area is 95.5 Å². The third kappa shape index (κ3) is 2.49. The first-order valence-electron chi connectivity index (χ1n) is 5.67. The number of aromatic nitrogens is 1. The largest absolute Gasteiger partial charge is 0.348 e. The van der Waals surface area contributed by atoms with E-state index < -0.39 is 0 Å². The Balaban J connectivity index is 2.10. The molecule has 0 saturated carbocycles. The molecular weight excluding hydrogens is 206 g/mol. The van der Waals surface area contributed by atoms with Gasteiger partial charge in [-0.05, 0) is 33.2 Å². The maximum atomic E-state index is 4.66. The number of nitrogens with one attached hydrogen (secondary N) is 1. The summed E-state index contributed by atoms with van der Waals surface area (Å²) < 4.78 is 0. The second-order valence-corrected chi connectivity index (χ2v) is 5.15. The zero-order chi connectivity index (χ0) is 10.7. The van der Waals surface area contributed by atoms with Crippen LogP contribution < -0.4 is 10.2 Å². The Morgan fingerprint density at radius 1 is 1.33 bits per heavy atom. The molecule has 2 rings (SSSR count). The lowest BCUT2D eigenvalue weighted by atomic mass is 10.1. The normalized spacial score (nSPS) is 17.1. The van der Waals surface area contributed by atoms with Gasteiger partial charge >= 0.3 is 0 Å². The minimum absolute atomic E-state index is 0.942. The lowest BCUT2D eigenvalue weighted by Crippen LogP contribution is -2.29. The maximum absolute atomic E-state index is 4.66. The van der Waals surface area contributed by atoms with Gasteiger partial charge in [-0.3, -0.25) is 0 Å². The number of aryl methyl sites for hydroxylation is 1. The van der Waals surface area contributed by atoms with Crippen molar-refractivity contribution in [2.45, 2.75) is 32.7 Å². The van der Waals surface area contributed by atoms with Crippen molar-refractivity contribution in [2.75, 3.05) is 25.0 Å². The van der Waals surface area contributed by atoms with Crippen LogP contribution >= 0.6 is 11.3 Å². The molecule has 15 heavy (non-hydrogen) atoms. The van der Waals surface area contributed by atoms with Crippen LogP contribution in [0.4, 0.5) is 5.13 Å². The van der Waals surface area contributed by atoms with E-state index in [0.29, 0.717) is 0 Å². The van der Waals surface area contributed by atoms with E-state index in [1.54, 1.807) is 0 Å². The SMILES string of the molecule is CNCc1sc(N2CCCCC2)nc1C. The molecule has 0 spiro atoms. The molecule has 1 aromatic heterocycles. The molecule has 0 aromatic carbocycles. The summed E-state index contributed by atoms with van der Waals surface area (Å²) in [4.78, 5) is 8.46. The van der Waals surface area contributed by atoms with Crippen LogP contribution in [0.5, 0.6) is 0 Å². The minimum atomic E-state index is 0.942. The number of hydrogen-bond acceptors (Lipinski definition) is 4. The van der Waals surface area contributed by atoms with Gasteiger partial charge in [-0.25, -0.2) is 4.98 Å². The molecule has 0 amide bonds. The zero-order valence-corrected chi connectivity index (χ0v) is 10.4. The molecule has 1 aliphatic rings. The molecule has 1 fully saturated rings. The Bertz CT molecular complexity index is 316. The van der Waals surface area contributed by atoms with Gasteiger partial charge < -0.3 is 10.2 Å². The van der Waals surface area contributed by atoms with E-state index in [4.69, 9.17) is 0 Å². The van der Waals surface area contributed by atoms with Gasteiger partial charge in [0.1, 0.15) is 0 Å². The summed E-state index contributed by atoms with van der Waals surface area (Å²) >= 11 is 1.84. The molecule has 0 atom stereocenters. The van der Waals surface area contributed by atoms with E-state index in [1.807, 2.05) is 18.4 Å². The molecule has 4 heteroatoms. The summed E-state index contributed by atoms with van der Waals surface area (Å²) in [6.45, 7) is 5.42. The van der Waals surface area contributed by atoms with Gasteiger partial charge in [-0.2, -0.15) is 0 Å². The quantitative estimate of drug-likeness (QED) is 0.854. The molecule has 0 radical (unpaired) electrons. The van der Waals surface area contributed by atoms with E-state index in [-0.39, 0.29) is 0 Å². The van der Waals surface area contributed by atoms with E-state index in [2.05, 4.69) is 22.1 Å². The fraction of sp³-hybridized carbons (Fsp3) is 0.727. The zero-order valence-electron chi connectivity index (χ0n) is 9.55. The average molecular weight is 225 g/mol. The van der Waals surface area contributed by atoms with Gasteiger partial charge in [-0.1, -0.05) is 0 Å². The van der Waals surface area contributed by atoms with Crippen molar-refractivity contribution < 1.29 is 0 Å². The first-order chi connectivity index (χ1) is 7.31. The molecule has 3 nitrogen and oxygen atoms in total. The van der Waals surface area contributed by atoms with E-state index in [1.165, 1.54) is 48.1 Å². The van der Waals surface area contributed by atoms with Crippen LogP contribution in [-0.2, 0) is 6.54 Å². The number of piperidine rings is 1. The van der Waals surface area contributed by atoms with Gasteiger partial charge in [0.15, 0.2) is 5.13 Å². The molecule has 1 aromatic rings. The molecule has 2 heterocycles. The summed E-state index contributed by atoms with van der Waals surface area (Å²) in [6, 6.07) is 0. The molecule has 1 aliphatic heterocycles. The third-order valence-corrected chi connectivity index (χ3v) is 4.06. The lowest BCUT2D eigenvalue weighted by Gasteiger charge is -2.25. The molecule has 1 saturated heterocycles. The van der Waals surface area contributed by atoms with Gasteiger partial charge in [0.25, 0.3) is 0 Å². The van der Waals surface area contributed by atoms with Crippen molar-refractivity contribution in [1.29, 1.82) is 0 Å². The highest BCUT2D eigenvalue weighted by molar-refractivity contribution is 7.15. The highest BCUT2D eigenvalue weighted by atomic mass is 32.1. The minimum Gasteiger partial charge on any atom is -0.348 e. The molecule has 0 aliphatic carbocycles. The summed E-state index contributed by atoms with van der Waals surface area (Å²) in [5.41, 5.74) is 1.19. The topological polar surface area (TPSA) is 28.2 Å². The van der Waals surface area contributed by atoms with Crippen LogP contribution in [-0.4, -0.2) is 25.1 Å². The number of rotatable bonds is 3. The van der Waals surface area contributed by atoms with E-state index >= 15 is 0 Å². The average Bonchev–Trinajstić information content (AvgIpc) is 2.63. The van der Waals surface area contributed by atoms with Crippen LogP contribution in [0.3, 0.4) is 0 Å². The van der Waals surface area contributed by atoms with Crippen LogP contribution in [0.15, 0.2) is 0 Å². The molecule has 0 bridgehead atoms. The fourth-order valence-electron chi connectivity index (χ4n) is 1.96. The summed E-state index contributed by atoms with van der Waals surface area (Å²) in [5, 5.41) is 4.41. The highest BCUT2D eigenvalue weighted by Gasteiger charge is 2.15. The number of anilines is 1. The van der Waals surface area contributed by atoms with E-state index in [0.717, 1.165) is 6.54 Å². The van der Waals surface area contributed by atoms with Crippen molar-refractivity contribution in [1.82, 2.24) is 10.3 Å². The van der Waals surface area contributed by atoms with Gasteiger partial charge in [0.2, 0.25) is 0 Å². The maximum Gasteiger partial charge on any atom is 0.185 e. The monoisotopic (exact) mass is 225 g/mol. The van der Waals surface area contributed by atoms with Crippen molar-refractivity contribution in [3.63, 3.8) is 0 Å². The summed E-state index contributed by atoms with van der Waals surface area (Å²) in [7, 11) is 1.99. The van der Waals surface area contributed by atoms with Crippen LogP contribution in [0.2, 0.25) is 0 Å². The molecule has 0 unspecified atom stereocenters. The number of thiazole rings is 1. The van der Waals surface area contributed by atoms with Crippen molar-refractivity contribution in [3.05, 3.63) is 10.6 Å². The van der Waals surface area contributed by atoms with Gasteiger partial charge in [0, 0.05) is 24.5 Å². The smallest absolute Gasteiger partial charge is 0.185 e. The van der Waals surface area contributed by atoms with Crippen LogP contribution in [0, 0.1) is 6.92 Å². The second kappa shape index (κ2) is 4.94. The Morgan fingerprint density at radius 2 is 2.07 bits per heavy atom. The van der Waals surface area contributed by atoms with Gasteiger partial charge in [0.05, 0.1) is 5.69 Å². The number of nitrogens with zero attached hydrogens (tertiary/aromatic N) is 2. The lowest BCUT2D eigenvalue weighted by molar-refractivity contribution is 0.576. The molecule has 84 valence electrons. The first kappa shape index (κ1) is 10.9. The second-order valence-electron chi connectivity index (χ2n) is 4.08. The third-order valence-electron chi connectivity index (χ3n) is 2.85. The standard InChI is InChI=1S/C11H19N3S/c1-9-10(8-12-2)15-11(13-9)14-6-4-3-5-7-14/h12H,3-8H2,1-2H3. The Kier molecular flexibility index (Phi) is 3.59. The first-order valence-corrected chi connectivity index (χ1v) is 6.49. The van der Waals surface area contributed by atoms with Crippen molar-refractivity contribution in [3.8, 4) is 0 Å². The Morgan fingerprint density at radius 3 is 2.73 bits per heavy atom. The van der Waals surface area contributed by atoms with Crippen LogP contribution in [0.25, 0.3) is 0 Å². The number of hydrogen-bond donors (Lipinski definition) is 1. The summed E-state index contributed by atoms with van der Waals surface area (Å²) in [5.74, 6) is 0. The van der Waals surface area contributed by atoms with Crippen molar-refractivity contribution in [2.24, 2.45) is 0 Å². The van der Waals surface area contributed by atoms with Crippen molar-refractivity contribution >= 4 is 16.5 Å². The van der Waals surface area contributed by atoms with Gasteiger partial charge in [-0.15, -0.1) is 11.3 Å². The van der Waals surface area contributed by atoms with E-state index in [9.17, 15) is 0 Å². The van der Waals surface area contributed by atoms with Crippen LogP contribution in [0.1, 0.15) is 29.8 Å². The highest BCUT2D eigenvalue weighted by Crippen LogP contribution is 2.27. The predicted octanol–water partition coefficient (Wildman–Crippen LogP) is 2.16.